The minimum Gasteiger partial charge on any atom is -0.370 e. The number of rotatable bonds is 4. The topological polar surface area (TPSA) is 62.3 Å². The van der Waals surface area contributed by atoms with Gasteiger partial charge in [-0.2, -0.15) is 13.2 Å². The molecule has 34 heavy (non-hydrogen) atoms. The maximum Gasteiger partial charge on any atom is 0.414 e. The van der Waals surface area contributed by atoms with Gasteiger partial charge in [-0.1, -0.05) is 12.1 Å². The lowest BCUT2D eigenvalue weighted by atomic mass is 9.87. The number of nitrogens with zero attached hydrogens (tertiary/aromatic N) is 3. The zero-order valence-corrected chi connectivity index (χ0v) is 19.2. The fraction of sp³-hybridized carbons (Fsp3) is 0.667. The molecular weight excluding hydrogens is 451 g/mol. The molecule has 4 saturated heterocycles. The Labute approximate surface area is 196 Å². The van der Waals surface area contributed by atoms with Crippen molar-refractivity contribution < 1.29 is 32.2 Å². The van der Waals surface area contributed by atoms with E-state index in [9.17, 15) is 22.8 Å². The van der Waals surface area contributed by atoms with Gasteiger partial charge >= 0.3 is 12.2 Å². The minimum atomic E-state index is -4.33. The molecule has 4 heterocycles. The van der Waals surface area contributed by atoms with Crippen molar-refractivity contribution in [2.75, 3.05) is 50.8 Å². The van der Waals surface area contributed by atoms with Crippen molar-refractivity contribution in [1.82, 2.24) is 9.80 Å². The molecular formula is C24H30F3N3O4. The average molecular weight is 482 g/mol. The van der Waals surface area contributed by atoms with Crippen LogP contribution in [0.3, 0.4) is 0 Å². The Morgan fingerprint density at radius 3 is 2.47 bits per heavy atom. The molecule has 0 radical (unpaired) electrons. The number of benzene rings is 1. The maximum absolute atomic E-state index is 12.9. The van der Waals surface area contributed by atoms with Crippen LogP contribution >= 0.6 is 0 Å². The first-order valence-corrected chi connectivity index (χ1v) is 11.9. The van der Waals surface area contributed by atoms with Crippen molar-refractivity contribution in [3.05, 3.63) is 29.8 Å². The molecule has 186 valence electrons. The fourth-order valence-electron chi connectivity index (χ4n) is 5.25. The lowest BCUT2D eigenvalue weighted by Gasteiger charge is -2.46. The third-order valence-electron chi connectivity index (χ3n) is 7.47. The van der Waals surface area contributed by atoms with Crippen LogP contribution in [0.25, 0.3) is 0 Å². The van der Waals surface area contributed by atoms with E-state index in [0.29, 0.717) is 45.7 Å². The number of hydrogen-bond acceptors (Lipinski definition) is 5. The first-order chi connectivity index (χ1) is 16.2. The minimum absolute atomic E-state index is 0.0315. The molecule has 4 fully saturated rings. The van der Waals surface area contributed by atoms with E-state index in [-0.39, 0.29) is 36.4 Å². The summed E-state index contributed by atoms with van der Waals surface area (Å²) >= 11 is 0. The monoisotopic (exact) mass is 481 g/mol. The van der Waals surface area contributed by atoms with Gasteiger partial charge in [-0.3, -0.25) is 4.79 Å². The predicted octanol–water partition coefficient (Wildman–Crippen LogP) is 3.04. The summed E-state index contributed by atoms with van der Waals surface area (Å²) in [6.45, 7) is 4.68. The summed E-state index contributed by atoms with van der Waals surface area (Å²) in [5.41, 5.74) is 2.11. The van der Waals surface area contributed by atoms with Crippen LogP contribution < -0.4 is 4.90 Å². The average Bonchev–Trinajstić information content (AvgIpc) is 2.74. The number of urea groups is 1. The van der Waals surface area contributed by atoms with Crippen LogP contribution in [-0.2, 0) is 14.3 Å². The van der Waals surface area contributed by atoms with Gasteiger partial charge in [0, 0.05) is 63.2 Å². The standard InChI is InChI=1S/C24H30F3N3O4/c1-15(24(25,26)27)34-21-12-29(13-21)19-4-2-16(3-5-19)18-10-30(11-18)23(32)28-7-6-22-17(9-28)8-20(31)14-33-22/h2-5,15,17-18,21-22H,6-14H2,1H3/t15?,17-,22+/m1/s1. The third-order valence-corrected chi connectivity index (χ3v) is 7.47. The second-order valence-electron chi connectivity index (χ2n) is 9.91. The Kier molecular flexibility index (Phi) is 6.22. The fourth-order valence-corrected chi connectivity index (χ4v) is 5.25. The lowest BCUT2D eigenvalue weighted by Crippen LogP contribution is -2.58. The summed E-state index contributed by atoms with van der Waals surface area (Å²) in [6.07, 6.45) is -5.14. The summed E-state index contributed by atoms with van der Waals surface area (Å²) < 4.78 is 48.6. The molecule has 0 aliphatic carbocycles. The molecule has 7 nitrogen and oxygen atoms in total. The molecule has 1 aromatic rings. The van der Waals surface area contributed by atoms with E-state index < -0.39 is 18.4 Å². The SMILES string of the molecule is CC(OC1CN(c2ccc(C3CN(C(=O)N4CC[C@@H]5OCC(=O)C[C@@H]5C4)C3)cc2)C1)C(F)(F)F. The molecule has 0 spiro atoms. The van der Waals surface area contributed by atoms with E-state index in [2.05, 4.69) is 0 Å². The molecule has 0 bridgehead atoms. The van der Waals surface area contributed by atoms with Crippen molar-refractivity contribution in [2.24, 2.45) is 5.92 Å². The van der Waals surface area contributed by atoms with E-state index >= 15 is 0 Å². The molecule has 1 unspecified atom stereocenters. The van der Waals surface area contributed by atoms with Crippen LogP contribution in [0.1, 0.15) is 31.2 Å². The maximum atomic E-state index is 12.9. The van der Waals surface area contributed by atoms with Crippen LogP contribution in [0.5, 0.6) is 0 Å². The van der Waals surface area contributed by atoms with Crippen molar-refractivity contribution >= 4 is 17.5 Å². The summed E-state index contributed by atoms with van der Waals surface area (Å²) in [5.74, 6) is 0.488. The lowest BCUT2D eigenvalue weighted by molar-refractivity contribution is -0.228. The highest BCUT2D eigenvalue weighted by Crippen LogP contribution is 2.33. The Bertz CT molecular complexity index is 913. The zero-order chi connectivity index (χ0) is 24.0. The molecule has 1 aromatic carbocycles. The number of ether oxygens (including phenoxy) is 2. The number of hydrogen-bond donors (Lipinski definition) is 0. The van der Waals surface area contributed by atoms with Crippen LogP contribution in [0, 0.1) is 5.92 Å². The van der Waals surface area contributed by atoms with Gasteiger partial charge < -0.3 is 24.2 Å². The second-order valence-corrected chi connectivity index (χ2v) is 9.91. The van der Waals surface area contributed by atoms with E-state index in [1.54, 1.807) is 0 Å². The normalized spacial score (nSPS) is 27.2. The number of halogens is 3. The van der Waals surface area contributed by atoms with Crippen molar-refractivity contribution in [2.45, 2.75) is 50.2 Å². The van der Waals surface area contributed by atoms with Crippen LogP contribution in [-0.4, -0.2) is 92.0 Å². The quantitative estimate of drug-likeness (QED) is 0.662. The molecule has 0 N–H and O–H groups in total. The molecule has 4 aliphatic rings. The molecule has 3 atom stereocenters. The van der Waals surface area contributed by atoms with E-state index in [4.69, 9.17) is 9.47 Å². The molecule has 0 saturated carbocycles. The summed E-state index contributed by atoms with van der Waals surface area (Å²) in [4.78, 5) is 30.3. The summed E-state index contributed by atoms with van der Waals surface area (Å²) in [5, 5.41) is 0. The molecule has 5 rings (SSSR count). The number of carbonyl (C=O) groups is 2. The number of piperidine rings is 1. The highest BCUT2D eigenvalue weighted by Gasteiger charge is 2.42. The highest BCUT2D eigenvalue weighted by molar-refractivity contribution is 5.81. The van der Waals surface area contributed by atoms with Gasteiger partial charge in [-0.15, -0.1) is 0 Å². The number of alkyl halides is 3. The summed E-state index contributed by atoms with van der Waals surface area (Å²) in [6, 6.07) is 8.06. The molecule has 0 aromatic heterocycles. The largest absolute Gasteiger partial charge is 0.414 e. The number of likely N-dealkylation sites (tertiary alicyclic amines) is 2. The van der Waals surface area contributed by atoms with E-state index in [0.717, 1.165) is 24.6 Å². The van der Waals surface area contributed by atoms with Gasteiger partial charge in [0.25, 0.3) is 0 Å². The van der Waals surface area contributed by atoms with Crippen molar-refractivity contribution in [3.8, 4) is 0 Å². The number of Topliss-reactive ketones (excluding diaryl/α,β-unsaturated/α-hetero) is 1. The Balaban J connectivity index is 1.07. The van der Waals surface area contributed by atoms with E-state index in [1.165, 1.54) is 0 Å². The first-order valence-electron chi connectivity index (χ1n) is 11.9. The smallest absolute Gasteiger partial charge is 0.370 e. The number of anilines is 1. The third kappa shape index (κ3) is 4.75. The summed E-state index contributed by atoms with van der Waals surface area (Å²) in [7, 11) is 0. The number of ketones is 1. The Morgan fingerprint density at radius 1 is 1.09 bits per heavy atom. The van der Waals surface area contributed by atoms with Crippen molar-refractivity contribution in [1.29, 1.82) is 0 Å². The Hall–Kier alpha value is -2.33. The van der Waals surface area contributed by atoms with Gasteiger partial charge in [-0.25, -0.2) is 4.79 Å². The van der Waals surface area contributed by atoms with E-state index in [1.807, 2.05) is 39.0 Å². The first kappa shape index (κ1) is 23.4. The second kappa shape index (κ2) is 9.03. The van der Waals surface area contributed by atoms with Gasteiger partial charge in [0.15, 0.2) is 11.9 Å². The van der Waals surface area contributed by atoms with Gasteiger partial charge in [0.1, 0.15) is 6.61 Å². The van der Waals surface area contributed by atoms with Crippen LogP contribution in [0.4, 0.5) is 23.7 Å². The highest BCUT2D eigenvalue weighted by atomic mass is 19.4. The molecule has 10 heteroatoms. The van der Waals surface area contributed by atoms with Gasteiger partial charge in [-0.05, 0) is 31.0 Å². The number of carbonyl (C=O) groups excluding carboxylic acids is 2. The van der Waals surface area contributed by atoms with Crippen molar-refractivity contribution in [3.63, 3.8) is 0 Å². The molecule has 2 amide bonds. The van der Waals surface area contributed by atoms with Crippen LogP contribution in [0.2, 0.25) is 0 Å². The predicted molar refractivity (Wildman–Crippen MR) is 118 cm³/mol. The van der Waals surface area contributed by atoms with Gasteiger partial charge in [0.05, 0.1) is 12.2 Å². The number of fused-ring (bicyclic) bond motifs is 1. The molecule has 4 aliphatic heterocycles. The Morgan fingerprint density at radius 2 is 1.79 bits per heavy atom. The zero-order valence-electron chi connectivity index (χ0n) is 19.2. The van der Waals surface area contributed by atoms with Gasteiger partial charge in [0.2, 0.25) is 0 Å². The number of amides is 2. The van der Waals surface area contributed by atoms with Crippen LogP contribution in [0.15, 0.2) is 24.3 Å².